The average molecular weight is 341 g/mol. The van der Waals surface area contributed by atoms with Crippen LogP contribution in [0.2, 0.25) is 0 Å². The maximum Gasteiger partial charge on any atom is 0.254 e. The van der Waals surface area contributed by atoms with Gasteiger partial charge in [0.1, 0.15) is 5.54 Å². The van der Waals surface area contributed by atoms with Gasteiger partial charge in [-0.15, -0.1) is 0 Å². The van der Waals surface area contributed by atoms with Gasteiger partial charge in [0.15, 0.2) is 0 Å². The number of rotatable bonds is 3. The summed E-state index contributed by atoms with van der Waals surface area (Å²) in [5.41, 5.74) is 1.10. The van der Waals surface area contributed by atoms with Crippen LogP contribution < -0.4 is 4.90 Å². The second-order valence-electron chi connectivity index (χ2n) is 7.87. The topological polar surface area (TPSA) is 43.9 Å². The molecule has 0 bridgehead atoms. The molecule has 1 aromatic carbocycles. The maximum absolute atomic E-state index is 13.3. The van der Waals surface area contributed by atoms with Crippen molar-refractivity contribution in [2.24, 2.45) is 0 Å². The third kappa shape index (κ3) is 2.70. The summed E-state index contributed by atoms with van der Waals surface area (Å²) in [5, 5.41) is 0. The van der Waals surface area contributed by atoms with E-state index in [4.69, 9.17) is 0 Å². The summed E-state index contributed by atoms with van der Waals surface area (Å²) >= 11 is 0. The number of hydrogen-bond donors (Lipinski definition) is 0. The molecule has 25 heavy (non-hydrogen) atoms. The van der Waals surface area contributed by atoms with Gasteiger partial charge in [-0.1, -0.05) is 6.07 Å². The minimum atomic E-state index is -0.591. The highest BCUT2D eigenvalue weighted by Gasteiger charge is 2.54. The molecule has 2 aliphatic heterocycles. The first kappa shape index (κ1) is 16.4. The van der Waals surface area contributed by atoms with Crippen LogP contribution in [0.5, 0.6) is 0 Å². The molecule has 5 heteroatoms. The van der Waals surface area contributed by atoms with E-state index in [1.54, 1.807) is 0 Å². The first-order chi connectivity index (χ1) is 12.0. The van der Waals surface area contributed by atoms with Crippen molar-refractivity contribution in [1.29, 1.82) is 0 Å². The van der Waals surface area contributed by atoms with Crippen molar-refractivity contribution >= 4 is 17.5 Å². The Morgan fingerprint density at radius 1 is 1.16 bits per heavy atom. The second kappa shape index (κ2) is 6.04. The number of nitrogens with zero attached hydrogens (tertiary/aromatic N) is 3. The predicted molar refractivity (Wildman–Crippen MR) is 97.7 cm³/mol. The first-order valence-electron chi connectivity index (χ1n) is 9.43. The zero-order chi connectivity index (χ0) is 17.6. The first-order valence-corrected chi connectivity index (χ1v) is 9.43. The summed E-state index contributed by atoms with van der Waals surface area (Å²) in [6, 6.07) is 8.15. The highest BCUT2D eigenvalue weighted by molar-refractivity contribution is 6.00. The van der Waals surface area contributed by atoms with E-state index < -0.39 is 5.54 Å². The number of carbonyl (C=O) groups excluding carboxylic acids is 2. The Hall–Kier alpha value is -2.04. The lowest BCUT2D eigenvalue weighted by atomic mass is 9.85. The highest BCUT2D eigenvalue weighted by Crippen LogP contribution is 2.42. The molecular formula is C20H27N3O2. The van der Waals surface area contributed by atoms with Gasteiger partial charge in [-0.25, -0.2) is 0 Å². The minimum absolute atomic E-state index is 0.00666. The van der Waals surface area contributed by atoms with E-state index >= 15 is 0 Å². The SMILES string of the molecule is CN(C)c1cccc(C(=O)N2CCCC23CCCN(C2CC2)C3=O)c1. The summed E-state index contributed by atoms with van der Waals surface area (Å²) in [6.07, 6.45) is 5.80. The number of carbonyl (C=O) groups is 2. The summed E-state index contributed by atoms with van der Waals surface area (Å²) in [5.74, 6) is 0.211. The molecule has 1 aromatic rings. The van der Waals surface area contributed by atoms with Crippen molar-refractivity contribution in [3.8, 4) is 0 Å². The van der Waals surface area contributed by atoms with Crippen molar-refractivity contribution in [1.82, 2.24) is 9.80 Å². The van der Waals surface area contributed by atoms with Crippen LogP contribution >= 0.6 is 0 Å². The fraction of sp³-hybridized carbons (Fsp3) is 0.600. The number of hydrogen-bond acceptors (Lipinski definition) is 3. The fourth-order valence-electron chi connectivity index (χ4n) is 4.48. The van der Waals surface area contributed by atoms with Crippen LogP contribution in [0.4, 0.5) is 5.69 Å². The van der Waals surface area contributed by atoms with Gasteiger partial charge in [-0.05, 0) is 56.7 Å². The molecule has 0 aromatic heterocycles. The van der Waals surface area contributed by atoms with Gasteiger partial charge in [-0.2, -0.15) is 0 Å². The molecular weight excluding hydrogens is 314 g/mol. The van der Waals surface area contributed by atoms with Crippen LogP contribution in [0, 0.1) is 0 Å². The van der Waals surface area contributed by atoms with E-state index in [1.165, 1.54) is 0 Å². The molecule has 2 amide bonds. The van der Waals surface area contributed by atoms with Crippen molar-refractivity contribution in [2.45, 2.75) is 50.1 Å². The Morgan fingerprint density at radius 3 is 2.56 bits per heavy atom. The van der Waals surface area contributed by atoms with E-state index in [2.05, 4.69) is 4.90 Å². The van der Waals surface area contributed by atoms with Crippen molar-refractivity contribution < 1.29 is 9.59 Å². The van der Waals surface area contributed by atoms with Crippen molar-refractivity contribution in [3.05, 3.63) is 29.8 Å². The summed E-state index contributed by atoms with van der Waals surface area (Å²) in [7, 11) is 3.94. The molecule has 3 fully saturated rings. The van der Waals surface area contributed by atoms with Gasteiger partial charge >= 0.3 is 0 Å². The lowest BCUT2D eigenvalue weighted by molar-refractivity contribution is -0.146. The molecule has 0 radical (unpaired) electrons. The summed E-state index contributed by atoms with van der Waals surface area (Å²) < 4.78 is 0. The van der Waals surface area contributed by atoms with Crippen LogP contribution in [0.15, 0.2) is 24.3 Å². The number of benzene rings is 1. The Morgan fingerprint density at radius 2 is 1.88 bits per heavy atom. The molecule has 134 valence electrons. The molecule has 1 spiro atoms. The average Bonchev–Trinajstić information content (AvgIpc) is 3.37. The van der Waals surface area contributed by atoms with E-state index in [-0.39, 0.29) is 11.8 Å². The normalized spacial score (nSPS) is 26.4. The summed E-state index contributed by atoms with van der Waals surface area (Å²) in [4.78, 5) is 32.5. The van der Waals surface area contributed by atoms with E-state index in [9.17, 15) is 9.59 Å². The van der Waals surface area contributed by atoms with Crippen LogP contribution in [-0.4, -0.2) is 60.4 Å². The highest BCUT2D eigenvalue weighted by atomic mass is 16.2. The molecule has 3 aliphatic rings. The van der Waals surface area contributed by atoms with Gasteiger partial charge in [0.2, 0.25) is 5.91 Å². The van der Waals surface area contributed by atoms with Gasteiger partial charge in [-0.3, -0.25) is 9.59 Å². The molecule has 1 saturated carbocycles. The van der Waals surface area contributed by atoms with E-state index in [0.717, 1.165) is 50.8 Å². The standard InChI is InChI=1S/C20H27N3O2/c1-21(2)17-7-3-6-15(14-17)18(24)23-13-5-11-20(23)10-4-12-22(19(20)25)16-8-9-16/h3,6-7,14,16H,4-5,8-13H2,1-2H3. The molecule has 2 saturated heterocycles. The lowest BCUT2D eigenvalue weighted by Gasteiger charge is -2.44. The van der Waals surface area contributed by atoms with Crippen LogP contribution in [0.1, 0.15) is 48.9 Å². The number of amides is 2. The molecule has 2 heterocycles. The molecule has 5 nitrogen and oxygen atoms in total. The molecule has 1 aliphatic carbocycles. The zero-order valence-corrected chi connectivity index (χ0v) is 15.2. The van der Waals surface area contributed by atoms with Gasteiger partial charge in [0.05, 0.1) is 0 Å². The van der Waals surface area contributed by atoms with Crippen molar-refractivity contribution in [2.75, 3.05) is 32.1 Å². The summed E-state index contributed by atoms with van der Waals surface area (Å²) in [6.45, 7) is 1.55. The Balaban J connectivity index is 1.63. The second-order valence-corrected chi connectivity index (χ2v) is 7.87. The van der Waals surface area contributed by atoms with Crippen LogP contribution in [-0.2, 0) is 4.79 Å². The number of piperidine rings is 1. The van der Waals surface area contributed by atoms with Crippen LogP contribution in [0.3, 0.4) is 0 Å². The molecule has 1 atom stereocenters. The van der Waals surface area contributed by atoms with E-state index in [1.807, 2.05) is 48.2 Å². The number of likely N-dealkylation sites (tertiary alicyclic amines) is 2. The van der Waals surface area contributed by atoms with Crippen LogP contribution in [0.25, 0.3) is 0 Å². The van der Waals surface area contributed by atoms with Gasteiger partial charge in [0, 0.05) is 44.5 Å². The maximum atomic E-state index is 13.3. The lowest BCUT2D eigenvalue weighted by Crippen LogP contribution is -2.61. The van der Waals surface area contributed by atoms with Gasteiger partial charge in [0.25, 0.3) is 5.91 Å². The van der Waals surface area contributed by atoms with Gasteiger partial charge < -0.3 is 14.7 Å². The van der Waals surface area contributed by atoms with Crippen molar-refractivity contribution in [3.63, 3.8) is 0 Å². The monoisotopic (exact) mass is 341 g/mol. The molecule has 1 unspecified atom stereocenters. The predicted octanol–water partition coefficient (Wildman–Crippen LogP) is 2.51. The number of anilines is 1. The third-order valence-corrected chi connectivity index (χ3v) is 5.98. The zero-order valence-electron chi connectivity index (χ0n) is 15.2. The quantitative estimate of drug-likeness (QED) is 0.848. The fourth-order valence-corrected chi connectivity index (χ4v) is 4.48. The molecule has 4 rings (SSSR count). The Labute approximate surface area is 149 Å². The van der Waals surface area contributed by atoms with E-state index in [0.29, 0.717) is 18.2 Å². The smallest absolute Gasteiger partial charge is 0.254 e. The molecule has 0 N–H and O–H groups in total. The largest absolute Gasteiger partial charge is 0.378 e. The minimum Gasteiger partial charge on any atom is -0.378 e. The Kier molecular flexibility index (Phi) is 3.97. The Bertz CT molecular complexity index is 698. The third-order valence-electron chi connectivity index (χ3n) is 5.98.